The fourth-order valence-corrected chi connectivity index (χ4v) is 1.51. The number of nitrogens with one attached hydrogen (secondary N) is 1. The summed E-state index contributed by atoms with van der Waals surface area (Å²) in [7, 11) is 1.66. The summed E-state index contributed by atoms with van der Waals surface area (Å²) >= 11 is 0. The van der Waals surface area contributed by atoms with Crippen LogP contribution in [0, 0.1) is 0 Å². The van der Waals surface area contributed by atoms with Crippen molar-refractivity contribution in [2.75, 3.05) is 12.4 Å². The van der Waals surface area contributed by atoms with E-state index in [2.05, 4.69) is 15.2 Å². The Labute approximate surface area is 101 Å². The minimum atomic E-state index is 0.749. The maximum absolute atomic E-state index is 4.12. The zero-order valence-corrected chi connectivity index (χ0v) is 9.67. The summed E-state index contributed by atoms with van der Waals surface area (Å²) in [5, 5.41) is 7.09. The average molecular weight is 224 g/mol. The summed E-state index contributed by atoms with van der Waals surface area (Å²) in [6.45, 7) is 0. The first-order valence-electron chi connectivity index (χ1n) is 5.44. The molecule has 0 aliphatic heterocycles. The minimum absolute atomic E-state index is 0.749. The van der Waals surface area contributed by atoms with Gasteiger partial charge in [-0.15, -0.1) is 0 Å². The van der Waals surface area contributed by atoms with E-state index in [9.17, 15) is 0 Å². The fourth-order valence-electron chi connectivity index (χ4n) is 1.51. The van der Waals surface area contributed by atoms with Crippen LogP contribution in [0.15, 0.2) is 65.8 Å². The van der Waals surface area contributed by atoms with Crippen molar-refractivity contribution in [3.8, 4) is 0 Å². The number of hydrogen-bond acceptors (Lipinski definition) is 1. The predicted molar refractivity (Wildman–Crippen MR) is 69.2 cm³/mol. The number of amidine groups is 1. The molecule has 0 saturated heterocycles. The third kappa shape index (κ3) is 3.03. The lowest BCUT2D eigenvalue weighted by Gasteiger charge is -1.97. The van der Waals surface area contributed by atoms with E-state index in [-0.39, 0.29) is 0 Å². The highest BCUT2D eigenvalue weighted by Crippen LogP contribution is 2.07. The molecule has 0 radical (unpaired) electrons. The van der Waals surface area contributed by atoms with Crippen molar-refractivity contribution in [2.45, 2.75) is 0 Å². The molecule has 0 bridgehead atoms. The fraction of sp³-hybridized carbons (Fsp3) is 0.0714. The molecule has 17 heavy (non-hydrogen) atoms. The molecule has 3 heteroatoms. The molecule has 2 rings (SSSR count). The molecule has 3 nitrogen and oxygen atoms in total. The van der Waals surface area contributed by atoms with Gasteiger partial charge in [0.05, 0.1) is 12.6 Å². The molecular formula is C14H14N3+. The Morgan fingerprint density at radius 2 is 1.53 bits per heavy atom. The second kappa shape index (κ2) is 5.64. The van der Waals surface area contributed by atoms with Crippen molar-refractivity contribution in [2.24, 2.45) is 5.11 Å². The molecule has 0 amide bonds. The molecule has 0 spiro atoms. The first-order chi connectivity index (χ1) is 8.40. The van der Waals surface area contributed by atoms with Gasteiger partial charge < -0.3 is 0 Å². The van der Waals surface area contributed by atoms with E-state index in [0.29, 0.717) is 0 Å². The van der Waals surface area contributed by atoms with Crippen LogP contribution < -0.4 is 5.32 Å². The van der Waals surface area contributed by atoms with E-state index in [1.165, 1.54) is 0 Å². The highest BCUT2D eigenvalue weighted by atomic mass is 15.1. The van der Waals surface area contributed by atoms with Gasteiger partial charge in [0.1, 0.15) is 5.69 Å². The predicted octanol–water partition coefficient (Wildman–Crippen LogP) is 2.84. The summed E-state index contributed by atoms with van der Waals surface area (Å²) in [6, 6.07) is 19.9. The molecular weight excluding hydrogens is 210 g/mol. The Morgan fingerprint density at radius 1 is 0.941 bits per heavy atom. The molecule has 0 fully saturated rings. The normalized spacial score (nSPS) is 9.24. The molecule has 0 atom stereocenters. The molecule has 0 aliphatic rings. The van der Waals surface area contributed by atoms with Crippen molar-refractivity contribution >= 4 is 11.5 Å². The molecule has 0 aromatic heterocycles. The quantitative estimate of drug-likeness (QED) is 0.362. The van der Waals surface area contributed by atoms with Crippen molar-refractivity contribution in [1.29, 1.82) is 0 Å². The Bertz CT molecular complexity index is 526. The Balaban J connectivity index is 2.30. The Kier molecular flexibility index (Phi) is 3.68. The second-order valence-electron chi connectivity index (χ2n) is 3.51. The molecule has 0 heterocycles. The van der Waals surface area contributed by atoms with E-state index in [4.69, 9.17) is 0 Å². The van der Waals surface area contributed by atoms with Crippen LogP contribution in [0.4, 0.5) is 5.69 Å². The van der Waals surface area contributed by atoms with Gasteiger partial charge in [-0.3, -0.25) is 0 Å². The van der Waals surface area contributed by atoms with E-state index in [1.54, 1.807) is 7.05 Å². The van der Waals surface area contributed by atoms with Gasteiger partial charge in [-0.05, 0) is 29.4 Å². The van der Waals surface area contributed by atoms with Gasteiger partial charge in [-0.1, -0.05) is 41.2 Å². The summed E-state index contributed by atoms with van der Waals surface area (Å²) < 4.78 is 0. The number of nitrogens with zero attached hydrogens (tertiary/aromatic N) is 2. The average Bonchev–Trinajstić information content (AvgIpc) is 2.40. The van der Waals surface area contributed by atoms with Crippen LogP contribution in [0.2, 0.25) is 0 Å². The molecule has 0 aliphatic carbocycles. The zero-order valence-electron chi connectivity index (χ0n) is 9.67. The van der Waals surface area contributed by atoms with Crippen molar-refractivity contribution in [1.82, 2.24) is 0 Å². The Morgan fingerprint density at radius 3 is 2.12 bits per heavy atom. The first kappa shape index (κ1) is 11.1. The van der Waals surface area contributed by atoms with E-state index < -0.39 is 0 Å². The Hall–Kier alpha value is -2.38. The third-order valence-corrected chi connectivity index (χ3v) is 2.28. The van der Waals surface area contributed by atoms with Crippen LogP contribution in [-0.4, -0.2) is 17.7 Å². The topological polar surface area (TPSA) is 38.5 Å². The zero-order chi connectivity index (χ0) is 11.9. The van der Waals surface area contributed by atoms with Gasteiger partial charge in [-0.2, -0.15) is 0 Å². The van der Waals surface area contributed by atoms with Gasteiger partial charge >= 0.3 is 5.84 Å². The number of anilines is 1. The van der Waals surface area contributed by atoms with Crippen LogP contribution >= 0.6 is 0 Å². The van der Waals surface area contributed by atoms with Crippen LogP contribution in [0.5, 0.6) is 0 Å². The molecule has 0 saturated carbocycles. The standard InChI is InChI=1S/C14H13N3/c1-15-17-14(12-8-4-2-5-9-12)16-13-10-6-3-7-11-13/h2-11H,1H3/p+1. The SMILES string of the molecule is CN=[N+]=C(Nc1ccccc1)c1ccccc1. The highest BCUT2D eigenvalue weighted by molar-refractivity contribution is 6.04. The molecule has 2 aromatic carbocycles. The maximum atomic E-state index is 4.12. The lowest BCUT2D eigenvalue weighted by Crippen LogP contribution is -2.14. The van der Waals surface area contributed by atoms with Crippen molar-refractivity contribution < 1.29 is 4.79 Å². The monoisotopic (exact) mass is 224 g/mol. The highest BCUT2D eigenvalue weighted by Gasteiger charge is 2.13. The first-order valence-corrected chi connectivity index (χ1v) is 5.44. The van der Waals surface area contributed by atoms with Crippen molar-refractivity contribution in [3.63, 3.8) is 0 Å². The molecule has 84 valence electrons. The molecule has 0 unspecified atom stereocenters. The number of rotatable bonds is 2. The van der Waals surface area contributed by atoms with E-state index >= 15 is 0 Å². The number of hydrogen-bond donors (Lipinski definition) is 1. The van der Waals surface area contributed by atoms with Gasteiger partial charge in [0, 0.05) is 0 Å². The van der Waals surface area contributed by atoms with Gasteiger partial charge in [0.25, 0.3) is 0 Å². The van der Waals surface area contributed by atoms with Crippen LogP contribution in [0.25, 0.3) is 0 Å². The van der Waals surface area contributed by atoms with Crippen molar-refractivity contribution in [3.05, 3.63) is 66.2 Å². The lowest BCUT2D eigenvalue weighted by atomic mass is 10.2. The van der Waals surface area contributed by atoms with Crippen LogP contribution in [0.3, 0.4) is 0 Å². The summed E-state index contributed by atoms with van der Waals surface area (Å²) in [5.74, 6) is 0.749. The minimum Gasteiger partial charge on any atom is -0.224 e. The smallest absolute Gasteiger partial charge is 0.224 e. The number of para-hydroxylation sites is 1. The summed E-state index contributed by atoms with van der Waals surface area (Å²) in [5.41, 5.74) is 2.01. The second-order valence-corrected chi connectivity index (χ2v) is 3.51. The van der Waals surface area contributed by atoms with Crippen LogP contribution in [-0.2, 0) is 0 Å². The number of benzene rings is 2. The van der Waals surface area contributed by atoms with Gasteiger partial charge in [0.2, 0.25) is 0 Å². The third-order valence-electron chi connectivity index (χ3n) is 2.28. The molecule has 2 aromatic rings. The summed E-state index contributed by atoms with van der Waals surface area (Å²) in [6.07, 6.45) is 0. The largest absolute Gasteiger partial charge is 0.411 e. The summed E-state index contributed by atoms with van der Waals surface area (Å²) in [4.78, 5) is 4.12. The van der Waals surface area contributed by atoms with Gasteiger partial charge in [-0.25, -0.2) is 5.32 Å². The van der Waals surface area contributed by atoms with Gasteiger partial charge in [0.15, 0.2) is 0 Å². The lowest BCUT2D eigenvalue weighted by molar-refractivity contribution is -0.0838. The van der Waals surface area contributed by atoms with Crippen LogP contribution in [0.1, 0.15) is 5.56 Å². The molecule has 1 N–H and O–H groups in total. The van der Waals surface area contributed by atoms with E-state index in [0.717, 1.165) is 17.1 Å². The van der Waals surface area contributed by atoms with E-state index in [1.807, 2.05) is 60.7 Å². The maximum Gasteiger partial charge on any atom is 0.411 e.